The fraction of sp³-hybridized carbons (Fsp3) is 1.00. The third-order valence-corrected chi connectivity index (χ3v) is 6.39. The SMILES string of the molecule is O=S1(=O)CCCC(NC2CN3CCC2CC3)C1. The van der Waals surface area contributed by atoms with Crippen molar-refractivity contribution in [3.8, 4) is 0 Å². The van der Waals surface area contributed by atoms with Gasteiger partial charge in [0.15, 0.2) is 9.84 Å². The Labute approximate surface area is 104 Å². The molecule has 4 aliphatic rings. The Balaban J connectivity index is 1.60. The first-order valence-corrected chi connectivity index (χ1v) is 8.63. The van der Waals surface area contributed by atoms with Crippen molar-refractivity contribution in [3.63, 3.8) is 0 Å². The monoisotopic (exact) mass is 258 g/mol. The number of hydrogen-bond acceptors (Lipinski definition) is 4. The van der Waals surface area contributed by atoms with Crippen LogP contribution in [0.5, 0.6) is 0 Å². The van der Waals surface area contributed by atoms with E-state index in [4.69, 9.17) is 0 Å². The van der Waals surface area contributed by atoms with Crippen LogP contribution in [-0.2, 0) is 9.84 Å². The van der Waals surface area contributed by atoms with Gasteiger partial charge in [0.1, 0.15) is 0 Å². The maximum atomic E-state index is 11.6. The first kappa shape index (κ1) is 11.9. The lowest BCUT2D eigenvalue weighted by Gasteiger charge is -2.46. The van der Waals surface area contributed by atoms with Crippen LogP contribution in [0, 0.1) is 5.92 Å². The summed E-state index contributed by atoms with van der Waals surface area (Å²) in [4.78, 5) is 2.51. The summed E-state index contributed by atoms with van der Waals surface area (Å²) in [6, 6.07) is 0.745. The molecule has 1 N–H and O–H groups in total. The lowest BCUT2D eigenvalue weighted by Crippen LogP contribution is -2.59. The van der Waals surface area contributed by atoms with Crippen LogP contribution in [0.4, 0.5) is 0 Å². The van der Waals surface area contributed by atoms with Crippen molar-refractivity contribution >= 4 is 9.84 Å². The van der Waals surface area contributed by atoms with E-state index < -0.39 is 9.84 Å². The van der Waals surface area contributed by atoms with Crippen LogP contribution in [0.25, 0.3) is 0 Å². The first-order chi connectivity index (χ1) is 8.12. The quantitative estimate of drug-likeness (QED) is 0.771. The second-order valence-electron chi connectivity index (χ2n) is 5.86. The summed E-state index contributed by atoms with van der Waals surface area (Å²) in [5.41, 5.74) is 0. The van der Waals surface area contributed by atoms with Gasteiger partial charge in [-0.15, -0.1) is 0 Å². The van der Waals surface area contributed by atoms with Crippen molar-refractivity contribution in [2.24, 2.45) is 5.92 Å². The van der Waals surface area contributed by atoms with Gasteiger partial charge in [-0.1, -0.05) is 0 Å². The maximum Gasteiger partial charge on any atom is 0.151 e. The standard InChI is InChI=1S/C12H22N2O2S/c15-17(16)7-1-2-11(9-17)13-12-8-14-5-3-10(12)4-6-14/h10-13H,1-9H2. The van der Waals surface area contributed by atoms with Gasteiger partial charge in [-0.2, -0.15) is 0 Å². The first-order valence-electron chi connectivity index (χ1n) is 6.81. The highest BCUT2D eigenvalue weighted by Gasteiger charge is 2.36. The molecule has 98 valence electrons. The van der Waals surface area contributed by atoms with Crippen LogP contribution in [0.3, 0.4) is 0 Å². The number of hydrogen-bond donors (Lipinski definition) is 1. The summed E-state index contributed by atoms with van der Waals surface area (Å²) < 4.78 is 23.2. The highest BCUT2D eigenvalue weighted by Crippen LogP contribution is 2.28. The van der Waals surface area contributed by atoms with E-state index in [0.29, 0.717) is 17.5 Å². The van der Waals surface area contributed by atoms with Crippen molar-refractivity contribution in [2.75, 3.05) is 31.1 Å². The van der Waals surface area contributed by atoms with Gasteiger partial charge in [0.25, 0.3) is 0 Å². The van der Waals surface area contributed by atoms with Crippen LogP contribution in [0.1, 0.15) is 25.7 Å². The van der Waals surface area contributed by atoms with Gasteiger partial charge in [0.05, 0.1) is 11.5 Å². The van der Waals surface area contributed by atoms with E-state index in [1.54, 1.807) is 0 Å². The number of sulfone groups is 1. The molecular formula is C12H22N2O2S. The fourth-order valence-corrected chi connectivity index (χ4v) is 5.26. The summed E-state index contributed by atoms with van der Waals surface area (Å²) in [6.07, 6.45) is 4.44. The number of nitrogens with one attached hydrogen (secondary N) is 1. The molecule has 0 aromatic rings. The topological polar surface area (TPSA) is 49.4 Å². The average Bonchev–Trinajstić information content (AvgIpc) is 2.29. The minimum Gasteiger partial charge on any atom is -0.309 e. The van der Waals surface area contributed by atoms with Crippen molar-refractivity contribution in [3.05, 3.63) is 0 Å². The molecule has 0 saturated carbocycles. The van der Waals surface area contributed by atoms with E-state index in [9.17, 15) is 8.42 Å². The molecular weight excluding hydrogens is 236 g/mol. The minimum atomic E-state index is -2.77. The molecule has 0 aliphatic carbocycles. The van der Waals surface area contributed by atoms with E-state index in [1.165, 1.54) is 25.9 Å². The summed E-state index contributed by atoms with van der Waals surface area (Å²) in [7, 11) is -2.77. The Kier molecular flexibility index (Phi) is 3.17. The van der Waals surface area contributed by atoms with E-state index >= 15 is 0 Å². The third kappa shape index (κ3) is 2.66. The summed E-state index contributed by atoms with van der Waals surface area (Å²) in [5.74, 6) is 1.53. The number of nitrogens with zero attached hydrogens (tertiary/aromatic N) is 1. The average molecular weight is 258 g/mol. The van der Waals surface area contributed by atoms with Gasteiger partial charge in [-0.25, -0.2) is 8.42 Å². The zero-order valence-corrected chi connectivity index (χ0v) is 11.1. The Hall–Kier alpha value is -0.130. The predicted octanol–water partition coefficient (Wildman–Crippen LogP) is 0.247. The molecule has 4 nitrogen and oxygen atoms in total. The molecule has 0 amide bonds. The van der Waals surface area contributed by atoms with Gasteiger partial charge < -0.3 is 10.2 Å². The normalized spacial score (nSPS) is 44.7. The molecule has 0 radical (unpaired) electrons. The zero-order valence-electron chi connectivity index (χ0n) is 10.3. The zero-order chi connectivity index (χ0) is 11.9. The molecule has 17 heavy (non-hydrogen) atoms. The van der Waals surface area contributed by atoms with E-state index in [1.807, 2.05) is 0 Å². The fourth-order valence-electron chi connectivity index (χ4n) is 3.61. The smallest absolute Gasteiger partial charge is 0.151 e. The van der Waals surface area contributed by atoms with Crippen LogP contribution in [-0.4, -0.2) is 56.5 Å². The van der Waals surface area contributed by atoms with E-state index in [0.717, 1.165) is 25.3 Å². The van der Waals surface area contributed by atoms with Gasteiger partial charge >= 0.3 is 0 Å². The molecule has 4 saturated heterocycles. The molecule has 2 unspecified atom stereocenters. The predicted molar refractivity (Wildman–Crippen MR) is 67.8 cm³/mol. The van der Waals surface area contributed by atoms with E-state index in [-0.39, 0.29) is 6.04 Å². The van der Waals surface area contributed by atoms with Crippen LogP contribution in [0.2, 0.25) is 0 Å². The molecule has 4 fully saturated rings. The van der Waals surface area contributed by atoms with Gasteiger partial charge in [-0.3, -0.25) is 0 Å². The molecule has 0 spiro atoms. The molecule has 0 aromatic heterocycles. The van der Waals surface area contributed by atoms with E-state index in [2.05, 4.69) is 10.2 Å². The second-order valence-corrected chi connectivity index (χ2v) is 8.09. The van der Waals surface area contributed by atoms with Gasteiger partial charge in [0.2, 0.25) is 0 Å². The van der Waals surface area contributed by atoms with Crippen molar-refractivity contribution in [1.82, 2.24) is 10.2 Å². The number of fused-ring (bicyclic) bond motifs is 3. The van der Waals surface area contributed by atoms with Crippen LogP contribution in [0.15, 0.2) is 0 Å². The summed E-state index contributed by atoms with van der Waals surface area (Å²) >= 11 is 0. The van der Waals surface area contributed by atoms with Crippen molar-refractivity contribution < 1.29 is 8.42 Å². The third-order valence-electron chi connectivity index (χ3n) is 4.57. The Morgan fingerprint density at radius 2 is 1.88 bits per heavy atom. The summed E-state index contributed by atoms with van der Waals surface area (Å²) in [5, 5.41) is 3.62. The Morgan fingerprint density at radius 1 is 1.12 bits per heavy atom. The number of piperidine rings is 3. The summed E-state index contributed by atoms with van der Waals surface area (Å²) in [6.45, 7) is 3.61. The highest BCUT2D eigenvalue weighted by molar-refractivity contribution is 7.91. The number of rotatable bonds is 2. The van der Waals surface area contributed by atoms with Gasteiger partial charge in [-0.05, 0) is 44.7 Å². The molecule has 4 aliphatic heterocycles. The van der Waals surface area contributed by atoms with Crippen LogP contribution < -0.4 is 5.32 Å². The molecule has 4 rings (SSSR count). The highest BCUT2D eigenvalue weighted by atomic mass is 32.2. The van der Waals surface area contributed by atoms with Crippen molar-refractivity contribution in [2.45, 2.75) is 37.8 Å². The lowest BCUT2D eigenvalue weighted by atomic mass is 9.83. The van der Waals surface area contributed by atoms with Crippen molar-refractivity contribution in [1.29, 1.82) is 0 Å². The molecule has 2 bridgehead atoms. The van der Waals surface area contributed by atoms with Crippen LogP contribution >= 0.6 is 0 Å². The Bertz CT molecular complexity index is 374. The molecule has 2 atom stereocenters. The lowest BCUT2D eigenvalue weighted by molar-refractivity contribution is 0.0674. The molecule has 4 heterocycles. The largest absolute Gasteiger partial charge is 0.309 e. The minimum absolute atomic E-state index is 0.208. The maximum absolute atomic E-state index is 11.6. The molecule has 0 aromatic carbocycles. The second kappa shape index (κ2) is 4.52. The van der Waals surface area contributed by atoms with Gasteiger partial charge in [0, 0.05) is 18.6 Å². The Morgan fingerprint density at radius 3 is 2.47 bits per heavy atom. The molecule has 5 heteroatoms.